The van der Waals surface area contributed by atoms with Crippen molar-refractivity contribution in [3.8, 4) is 22.6 Å². The van der Waals surface area contributed by atoms with E-state index in [2.05, 4.69) is 0 Å². The Hall–Kier alpha value is -2.80. The molecule has 27 heavy (non-hydrogen) atoms. The van der Waals surface area contributed by atoms with Crippen molar-refractivity contribution in [1.29, 1.82) is 4.78 Å². The Labute approximate surface area is 155 Å². The van der Waals surface area contributed by atoms with Crippen LogP contribution in [0.4, 0.5) is 13.2 Å². The molecule has 3 aromatic carbocycles. The summed E-state index contributed by atoms with van der Waals surface area (Å²) >= 11 is 0. The van der Waals surface area contributed by atoms with Crippen molar-refractivity contribution in [2.24, 2.45) is 0 Å². The molecular formula is C20H16F3NO2S. The maximum atomic E-state index is 12.7. The van der Waals surface area contributed by atoms with Gasteiger partial charge in [0, 0.05) is 16.7 Å². The highest BCUT2D eigenvalue weighted by Gasteiger charge is 2.30. The van der Waals surface area contributed by atoms with Crippen molar-refractivity contribution in [2.45, 2.75) is 11.1 Å². The smallest absolute Gasteiger partial charge is 0.416 e. The molecule has 0 aliphatic heterocycles. The molecule has 140 valence electrons. The second-order valence-corrected chi connectivity index (χ2v) is 8.15. The lowest BCUT2D eigenvalue weighted by Gasteiger charge is -2.13. The Morgan fingerprint density at radius 2 is 1.48 bits per heavy atom. The van der Waals surface area contributed by atoms with Crippen molar-refractivity contribution in [3.63, 3.8) is 0 Å². The van der Waals surface area contributed by atoms with Gasteiger partial charge in [-0.2, -0.15) is 13.2 Å². The van der Waals surface area contributed by atoms with E-state index in [0.717, 1.165) is 23.3 Å². The third-order valence-corrected chi connectivity index (χ3v) is 5.08. The summed E-state index contributed by atoms with van der Waals surface area (Å²) in [7, 11) is -2.80. The molecule has 0 saturated heterocycles. The Bertz CT molecular complexity index is 1040. The largest absolute Gasteiger partial charge is 0.457 e. The van der Waals surface area contributed by atoms with Crippen LogP contribution < -0.4 is 4.74 Å². The Balaban J connectivity index is 1.90. The average Bonchev–Trinajstić information content (AvgIpc) is 2.61. The van der Waals surface area contributed by atoms with Crippen LogP contribution in [0.5, 0.6) is 11.5 Å². The summed E-state index contributed by atoms with van der Waals surface area (Å²) in [5, 5.41) is 0. The first-order valence-electron chi connectivity index (χ1n) is 7.93. The molecule has 0 heterocycles. The summed E-state index contributed by atoms with van der Waals surface area (Å²) in [5.74, 6) is 0.767. The quantitative estimate of drug-likeness (QED) is 0.576. The number of hydrogen-bond acceptors (Lipinski definition) is 3. The molecule has 3 aromatic rings. The van der Waals surface area contributed by atoms with Gasteiger partial charge in [0.1, 0.15) is 11.5 Å². The zero-order valence-electron chi connectivity index (χ0n) is 14.3. The first-order chi connectivity index (χ1) is 12.6. The fraction of sp³-hybridized carbons (Fsp3) is 0.100. The number of para-hydroxylation sites is 1. The lowest BCUT2D eigenvalue weighted by atomic mass is 10.0. The van der Waals surface area contributed by atoms with Gasteiger partial charge >= 0.3 is 6.18 Å². The lowest BCUT2D eigenvalue weighted by molar-refractivity contribution is -0.137. The minimum Gasteiger partial charge on any atom is -0.457 e. The van der Waals surface area contributed by atoms with Crippen LogP contribution in [0.3, 0.4) is 0 Å². The summed E-state index contributed by atoms with van der Waals surface area (Å²) in [6.07, 6.45) is -3.04. The fourth-order valence-electron chi connectivity index (χ4n) is 2.53. The molecule has 7 heteroatoms. The second kappa shape index (κ2) is 7.08. The molecule has 3 rings (SSSR count). The van der Waals surface area contributed by atoms with Gasteiger partial charge in [0.05, 0.1) is 15.3 Å². The Morgan fingerprint density at radius 3 is 2.04 bits per heavy atom. The maximum absolute atomic E-state index is 12.7. The minimum atomic E-state index is -4.39. The first kappa shape index (κ1) is 19.0. The highest BCUT2D eigenvalue weighted by atomic mass is 32.2. The molecule has 0 fully saturated rings. The number of alkyl halides is 3. The van der Waals surface area contributed by atoms with Gasteiger partial charge in [-0.1, -0.05) is 30.3 Å². The zero-order chi connectivity index (χ0) is 19.7. The minimum absolute atomic E-state index is 0.287. The van der Waals surface area contributed by atoms with E-state index < -0.39 is 21.5 Å². The fourth-order valence-corrected chi connectivity index (χ4v) is 3.18. The van der Waals surface area contributed by atoms with Gasteiger partial charge in [0.25, 0.3) is 0 Å². The molecule has 0 radical (unpaired) electrons. The van der Waals surface area contributed by atoms with Crippen LogP contribution in [0, 0.1) is 4.78 Å². The van der Waals surface area contributed by atoms with E-state index in [9.17, 15) is 17.4 Å². The molecule has 0 saturated carbocycles. The summed E-state index contributed by atoms with van der Waals surface area (Å²) in [5.41, 5.74) is 0.777. The SMILES string of the molecule is CS(=N)(=O)c1ccc(-c2ccccc2Oc2ccc(C(F)(F)F)cc2)cc1. The third-order valence-electron chi connectivity index (χ3n) is 3.91. The van der Waals surface area contributed by atoms with Crippen LogP contribution in [0.25, 0.3) is 11.1 Å². The van der Waals surface area contributed by atoms with E-state index in [0.29, 0.717) is 10.6 Å². The predicted molar refractivity (Wildman–Crippen MR) is 98.4 cm³/mol. The highest BCUT2D eigenvalue weighted by molar-refractivity contribution is 7.91. The normalized spacial score (nSPS) is 13.8. The molecule has 0 amide bonds. The molecule has 0 aromatic heterocycles. The van der Waals surface area contributed by atoms with Crippen molar-refractivity contribution in [1.82, 2.24) is 0 Å². The molecule has 1 N–H and O–H groups in total. The molecule has 0 aliphatic carbocycles. The van der Waals surface area contributed by atoms with Crippen molar-refractivity contribution >= 4 is 9.73 Å². The number of benzene rings is 3. The molecule has 3 nitrogen and oxygen atoms in total. The van der Waals surface area contributed by atoms with E-state index in [4.69, 9.17) is 9.52 Å². The molecule has 0 aliphatic rings. The molecular weight excluding hydrogens is 375 g/mol. The second-order valence-electron chi connectivity index (χ2n) is 5.99. The number of nitrogens with one attached hydrogen (secondary N) is 1. The van der Waals surface area contributed by atoms with Crippen LogP contribution in [-0.4, -0.2) is 10.5 Å². The monoisotopic (exact) mass is 391 g/mol. The standard InChI is InChI=1S/C20H16F3NO2S/c1-27(24,25)17-12-6-14(7-13-17)18-4-2-3-5-19(18)26-16-10-8-15(9-11-16)20(21,22)23/h2-13,24H,1H3. The summed E-state index contributed by atoms with van der Waals surface area (Å²) < 4.78 is 63.2. The number of halogens is 3. The van der Waals surface area contributed by atoms with Gasteiger partial charge in [0.2, 0.25) is 0 Å². The van der Waals surface area contributed by atoms with E-state index in [1.807, 2.05) is 12.1 Å². The van der Waals surface area contributed by atoms with Crippen molar-refractivity contribution in [3.05, 3.63) is 78.4 Å². The first-order valence-corrected chi connectivity index (χ1v) is 9.89. The van der Waals surface area contributed by atoms with Gasteiger partial charge in [-0.25, -0.2) is 8.99 Å². The summed E-state index contributed by atoms with van der Waals surface area (Å²) in [6.45, 7) is 0. The van der Waals surface area contributed by atoms with Crippen molar-refractivity contribution in [2.75, 3.05) is 6.26 Å². The Kier molecular flexibility index (Phi) is 4.97. The van der Waals surface area contributed by atoms with Gasteiger partial charge < -0.3 is 4.74 Å². The van der Waals surface area contributed by atoms with E-state index >= 15 is 0 Å². The molecule has 0 bridgehead atoms. The third kappa shape index (κ3) is 4.49. The molecule has 1 atom stereocenters. The van der Waals surface area contributed by atoms with Crippen molar-refractivity contribution < 1.29 is 22.1 Å². The van der Waals surface area contributed by atoms with E-state index in [-0.39, 0.29) is 5.75 Å². The van der Waals surface area contributed by atoms with Crippen LogP contribution >= 0.6 is 0 Å². The zero-order valence-corrected chi connectivity index (χ0v) is 15.1. The van der Waals surface area contributed by atoms with E-state index in [1.165, 1.54) is 18.4 Å². The molecule has 0 spiro atoms. The topological polar surface area (TPSA) is 50.2 Å². The number of rotatable bonds is 4. The van der Waals surface area contributed by atoms with Gasteiger partial charge in [-0.3, -0.25) is 0 Å². The van der Waals surface area contributed by atoms with Crippen LogP contribution in [-0.2, 0) is 15.9 Å². The van der Waals surface area contributed by atoms with E-state index in [1.54, 1.807) is 36.4 Å². The van der Waals surface area contributed by atoms with Gasteiger partial charge in [-0.05, 0) is 48.0 Å². The van der Waals surface area contributed by atoms with Crippen LogP contribution in [0.15, 0.2) is 77.7 Å². The van der Waals surface area contributed by atoms with Crippen LogP contribution in [0.2, 0.25) is 0 Å². The maximum Gasteiger partial charge on any atom is 0.416 e. The lowest BCUT2D eigenvalue weighted by Crippen LogP contribution is -2.04. The molecule has 1 unspecified atom stereocenters. The predicted octanol–water partition coefficient (Wildman–Crippen LogP) is 6.20. The number of hydrogen-bond donors (Lipinski definition) is 1. The Morgan fingerprint density at radius 1 is 0.889 bits per heavy atom. The average molecular weight is 391 g/mol. The van der Waals surface area contributed by atoms with Gasteiger partial charge in [-0.15, -0.1) is 0 Å². The van der Waals surface area contributed by atoms with Gasteiger partial charge in [0.15, 0.2) is 0 Å². The summed E-state index contributed by atoms with van der Waals surface area (Å²) in [6, 6.07) is 18.3. The highest BCUT2D eigenvalue weighted by Crippen LogP contribution is 2.35. The summed E-state index contributed by atoms with van der Waals surface area (Å²) in [4.78, 5) is 0.424. The number of ether oxygens (including phenoxy) is 1. The van der Waals surface area contributed by atoms with Crippen LogP contribution in [0.1, 0.15) is 5.56 Å².